The molecule has 4 nitrogen and oxygen atoms in total. The van der Waals surface area contributed by atoms with E-state index in [0.717, 1.165) is 24.9 Å². The molecule has 0 aromatic heterocycles. The number of aliphatic hydroxyl groups is 1. The molecular formula is C8H13NO3. The third-order valence-corrected chi connectivity index (χ3v) is 2.77. The Hall–Kier alpha value is -0.610. The number of nitrogens with zero attached hydrogens (tertiary/aromatic N) is 1. The van der Waals surface area contributed by atoms with Crippen LogP contribution in [0, 0.1) is 11.8 Å². The molecule has 2 N–H and O–H groups in total. The summed E-state index contributed by atoms with van der Waals surface area (Å²) in [6.07, 6.45) is 0.0992. The van der Waals surface area contributed by atoms with Gasteiger partial charge in [-0.3, -0.25) is 4.90 Å². The van der Waals surface area contributed by atoms with E-state index in [2.05, 4.69) is 0 Å². The quantitative estimate of drug-likeness (QED) is 0.594. The number of likely N-dealkylation sites (tertiary alicyclic amines) is 1. The molecule has 3 unspecified atom stereocenters. The number of carboxylic acid groups (broad SMARTS) is 1. The molecule has 1 aliphatic carbocycles. The minimum Gasteiger partial charge on any atom is -0.479 e. The molecule has 0 aromatic rings. The van der Waals surface area contributed by atoms with Crippen LogP contribution in [-0.4, -0.2) is 46.8 Å². The van der Waals surface area contributed by atoms with Crippen LogP contribution in [0.3, 0.4) is 0 Å². The van der Waals surface area contributed by atoms with Gasteiger partial charge in [-0.1, -0.05) is 0 Å². The van der Waals surface area contributed by atoms with Crippen molar-refractivity contribution in [2.24, 2.45) is 11.8 Å². The maximum absolute atomic E-state index is 10.3. The first kappa shape index (κ1) is 8.01. The van der Waals surface area contributed by atoms with Crippen LogP contribution in [-0.2, 0) is 4.79 Å². The molecule has 2 fully saturated rings. The molecule has 0 radical (unpaired) electrons. The van der Waals surface area contributed by atoms with E-state index < -0.39 is 12.1 Å². The molecule has 12 heavy (non-hydrogen) atoms. The van der Waals surface area contributed by atoms with Gasteiger partial charge in [-0.15, -0.1) is 0 Å². The number of carbonyl (C=O) groups is 1. The van der Waals surface area contributed by atoms with E-state index in [0.29, 0.717) is 6.54 Å². The van der Waals surface area contributed by atoms with Crippen LogP contribution in [0.15, 0.2) is 0 Å². The van der Waals surface area contributed by atoms with Gasteiger partial charge in [0.15, 0.2) is 6.10 Å². The van der Waals surface area contributed by atoms with Crippen LogP contribution in [0.5, 0.6) is 0 Å². The lowest BCUT2D eigenvalue weighted by Gasteiger charge is -2.18. The number of β-amino-alcohol motifs (C(OH)–C–C–N with tert-alkyl or cyclic N) is 1. The number of piperidine rings is 1. The molecule has 2 rings (SSSR count). The summed E-state index contributed by atoms with van der Waals surface area (Å²) >= 11 is 0. The summed E-state index contributed by atoms with van der Waals surface area (Å²) in [6.45, 7) is 2.26. The highest BCUT2D eigenvalue weighted by Gasteiger charge is 2.45. The summed E-state index contributed by atoms with van der Waals surface area (Å²) in [5.74, 6) is 0.479. The molecule has 0 aromatic carbocycles. The summed E-state index contributed by atoms with van der Waals surface area (Å²) in [4.78, 5) is 12.3. The van der Waals surface area contributed by atoms with E-state index in [4.69, 9.17) is 10.2 Å². The van der Waals surface area contributed by atoms with E-state index in [-0.39, 0.29) is 0 Å². The van der Waals surface area contributed by atoms with E-state index in [1.54, 1.807) is 0 Å². The molecule has 1 saturated heterocycles. The topological polar surface area (TPSA) is 60.8 Å². The van der Waals surface area contributed by atoms with Crippen molar-refractivity contribution >= 4 is 5.97 Å². The lowest BCUT2D eigenvalue weighted by Crippen LogP contribution is -2.36. The third kappa shape index (κ3) is 1.44. The SMILES string of the molecule is O=C(O)C(O)CN1CC2CC2C1. The second kappa shape index (κ2) is 2.71. The number of aliphatic carboxylic acids is 1. The summed E-state index contributed by atoms with van der Waals surface area (Å²) in [5.41, 5.74) is 0. The number of hydrogen-bond donors (Lipinski definition) is 2. The Morgan fingerprint density at radius 1 is 1.50 bits per heavy atom. The monoisotopic (exact) mass is 171 g/mol. The maximum atomic E-state index is 10.3. The molecule has 2 aliphatic rings. The number of aliphatic hydroxyl groups excluding tert-OH is 1. The average molecular weight is 171 g/mol. The lowest BCUT2D eigenvalue weighted by molar-refractivity contribution is -0.147. The molecule has 1 heterocycles. The standard InChI is InChI=1S/C8H13NO3/c10-7(8(11)12)4-9-2-5-1-6(5)3-9/h5-7,10H,1-4H2,(H,11,12). The summed E-state index contributed by atoms with van der Waals surface area (Å²) in [5, 5.41) is 17.5. The third-order valence-electron chi connectivity index (χ3n) is 2.77. The molecule has 1 aliphatic heterocycles. The van der Waals surface area contributed by atoms with Gasteiger partial charge in [0.05, 0.1) is 0 Å². The number of hydrogen-bond acceptors (Lipinski definition) is 3. The van der Waals surface area contributed by atoms with E-state index in [1.807, 2.05) is 4.90 Å². The zero-order valence-electron chi connectivity index (χ0n) is 6.81. The van der Waals surface area contributed by atoms with Crippen molar-refractivity contribution in [1.29, 1.82) is 0 Å². The summed E-state index contributed by atoms with van der Waals surface area (Å²) in [6, 6.07) is 0. The minimum absolute atomic E-state index is 0.294. The predicted molar refractivity (Wildman–Crippen MR) is 41.7 cm³/mol. The van der Waals surface area contributed by atoms with Gasteiger partial charge in [0.25, 0.3) is 0 Å². The van der Waals surface area contributed by atoms with Crippen LogP contribution >= 0.6 is 0 Å². The first-order valence-electron chi connectivity index (χ1n) is 4.30. The second-order valence-corrected chi connectivity index (χ2v) is 3.83. The van der Waals surface area contributed by atoms with Crippen molar-refractivity contribution in [3.8, 4) is 0 Å². The largest absolute Gasteiger partial charge is 0.479 e. The highest BCUT2D eigenvalue weighted by atomic mass is 16.4. The lowest BCUT2D eigenvalue weighted by atomic mass is 10.3. The van der Waals surface area contributed by atoms with E-state index in [1.165, 1.54) is 6.42 Å². The van der Waals surface area contributed by atoms with Gasteiger partial charge in [0.1, 0.15) is 0 Å². The Morgan fingerprint density at radius 2 is 2.08 bits per heavy atom. The van der Waals surface area contributed by atoms with E-state index in [9.17, 15) is 4.79 Å². The van der Waals surface area contributed by atoms with Crippen molar-refractivity contribution in [2.45, 2.75) is 12.5 Å². The van der Waals surface area contributed by atoms with Crippen LogP contribution in [0.2, 0.25) is 0 Å². The Balaban J connectivity index is 1.76. The predicted octanol–water partition coefficient (Wildman–Crippen LogP) is -0.616. The van der Waals surface area contributed by atoms with Crippen molar-refractivity contribution in [3.05, 3.63) is 0 Å². The van der Waals surface area contributed by atoms with Crippen molar-refractivity contribution in [3.63, 3.8) is 0 Å². The van der Waals surface area contributed by atoms with E-state index >= 15 is 0 Å². The smallest absolute Gasteiger partial charge is 0.333 e. The molecule has 3 atom stereocenters. The molecule has 0 spiro atoms. The molecule has 68 valence electrons. The van der Waals surface area contributed by atoms with Crippen molar-refractivity contribution in [2.75, 3.05) is 19.6 Å². The van der Waals surface area contributed by atoms with Crippen LogP contribution in [0.4, 0.5) is 0 Å². The molecule has 1 saturated carbocycles. The van der Waals surface area contributed by atoms with Gasteiger partial charge < -0.3 is 10.2 Å². The summed E-state index contributed by atoms with van der Waals surface area (Å²) in [7, 11) is 0. The van der Waals surface area contributed by atoms with Gasteiger partial charge in [-0.25, -0.2) is 4.79 Å². The van der Waals surface area contributed by atoms with Crippen molar-refractivity contribution in [1.82, 2.24) is 4.90 Å². The Morgan fingerprint density at radius 3 is 2.58 bits per heavy atom. The van der Waals surface area contributed by atoms with Crippen molar-refractivity contribution < 1.29 is 15.0 Å². The van der Waals surface area contributed by atoms with Gasteiger partial charge in [-0.05, 0) is 18.3 Å². The molecular weight excluding hydrogens is 158 g/mol. The Bertz CT molecular complexity index is 196. The Labute approximate surface area is 70.8 Å². The maximum Gasteiger partial charge on any atom is 0.333 e. The fourth-order valence-electron chi connectivity index (χ4n) is 1.97. The summed E-state index contributed by atoms with van der Waals surface area (Å²) < 4.78 is 0. The number of rotatable bonds is 3. The normalized spacial score (nSPS) is 36.1. The van der Waals surface area contributed by atoms with Gasteiger partial charge in [0.2, 0.25) is 0 Å². The fourth-order valence-corrected chi connectivity index (χ4v) is 1.97. The Kier molecular flexibility index (Phi) is 1.81. The number of carboxylic acids is 1. The second-order valence-electron chi connectivity index (χ2n) is 3.83. The highest BCUT2D eigenvalue weighted by Crippen LogP contribution is 2.44. The average Bonchev–Trinajstić information content (AvgIpc) is 2.59. The zero-order valence-corrected chi connectivity index (χ0v) is 6.81. The number of fused-ring (bicyclic) bond motifs is 1. The molecule has 4 heteroatoms. The van der Waals surface area contributed by atoms with Gasteiger partial charge >= 0.3 is 5.97 Å². The molecule has 0 amide bonds. The van der Waals surface area contributed by atoms with Crippen LogP contribution in [0.25, 0.3) is 0 Å². The first-order chi connectivity index (χ1) is 5.66. The fraction of sp³-hybridized carbons (Fsp3) is 0.875. The molecule has 0 bridgehead atoms. The highest BCUT2D eigenvalue weighted by molar-refractivity contribution is 5.72. The van der Waals surface area contributed by atoms with Crippen LogP contribution < -0.4 is 0 Å². The minimum atomic E-state index is -1.21. The first-order valence-corrected chi connectivity index (χ1v) is 4.30. The zero-order chi connectivity index (χ0) is 8.72. The van der Waals surface area contributed by atoms with Gasteiger partial charge in [0, 0.05) is 19.6 Å². The van der Waals surface area contributed by atoms with Gasteiger partial charge in [-0.2, -0.15) is 0 Å². The van der Waals surface area contributed by atoms with Crippen LogP contribution in [0.1, 0.15) is 6.42 Å².